The third kappa shape index (κ3) is 2.54. The maximum Gasteiger partial charge on any atom is 0.312 e. The van der Waals surface area contributed by atoms with E-state index in [0.717, 1.165) is 6.07 Å². The molecule has 0 amide bonds. The molecule has 0 aliphatic heterocycles. The summed E-state index contributed by atoms with van der Waals surface area (Å²) in [7, 11) is 0. The van der Waals surface area contributed by atoms with E-state index in [1.165, 1.54) is 6.07 Å². The Labute approximate surface area is 102 Å². The molecule has 80 valence electrons. The monoisotopic (exact) mass is 337 g/mol. The van der Waals surface area contributed by atoms with E-state index >= 15 is 0 Å². The minimum atomic E-state index is -0.745. The van der Waals surface area contributed by atoms with Crippen LogP contribution in [-0.4, -0.2) is 21.1 Å². The van der Waals surface area contributed by atoms with E-state index in [9.17, 15) is 20.0 Å². The fourth-order valence-corrected chi connectivity index (χ4v) is 1.74. The predicted octanol–water partition coefficient (Wildman–Crippen LogP) is 2.64. The Morgan fingerprint density at radius 1 is 1.53 bits per heavy atom. The lowest BCUT2D eigenvalue weighted by Crippen LogP contribution is -2.01. The van der Waals surface area contributed by atoms with E-state index in [0.29, 0.717) is 0 Å². The number of benzene rings is 1. The number of nitro benzene ring substituents is 1. The summed E-state index contributed by atoms with van der Waals surface area (Å²) in [5, 5.41) is 19.9. The lowest BCUT2D eigenvalue weighted by molar-refractivity contribution is -0.386. The van der Waals surface area contributed by atoms with Gasteiger partial charge < -0.3 is 5.11 Å². The zero-order valence-corrected chi connectivity index (χ0v) is 10.4. The highest BCUT2D eigenvalue weighted by Gasteiger charge is 2.19. The zero-order chi connectivity index (χ0) is 11.6. The van der Waals surface area contributed by atoms with Gasteiger partial charge in [0.2, 0.25) is 5.75 Å². The summed E-state index contributed by atoms with van der Waals surface area (Å²) in [6.07, 6.45) is 0. The maximum absolute atomic E-state index is 11.3. The molecule has 0 unspecified atom stereocenters. The largest absolute Gasteiger partial charge is 0.501 e. The van der Waals surface area contributed by atoms with Crippen molar-refractivity contribution in [3.8, 4) is 5.75 Å². The number of nitrogens with zero attached hydrogens (tertiary/aromatic N) is 1. The van der Waals surface area contributed by atoms with Crippen LogP contribution in [0.2, 0.25) is 0 Å². The number of Topliss-reactive ketones (excluding diaryl/α,β-unsaturated/α-hetero) is 1. The van der Waals surface area contributed by atoms with E-state index in [2.05, 4.69) is 31.9 Å². The quantitative estimate of drug-likeness (QED) is 0.397. The smallest absolute Gasteiger partial charge is 0.312 e. The molecular weight excluding hydrogens is 334 g/mol. The van der Waals surface area contributed by atoms with Gasteiger partial charge in [0, 0.05) is 11.6 Å². The standard InChI is InChI=1S/C8H5Br2NO4/c9-3-7(12)4-1-5(10)8(13)6(2-4)11(14)15/h1-2,13H,3H2. The second kappa shape index (κ2) is 4.71. The Morgan fingerprint density at radius 3 is 2.60 bits per heavy atom. The zero-order valence-electron chi connectivity index (χ0n) is 7.24. The number of alkyl halides is 1. The van der Waals surface area contributed by atoms with Gasteiger partial charge in [0.1, 0.15) is 0 Å². The third-order valence-corrected chi connectivity index (χ3v) is 2.80. The van der Waals surface area contributed by atoms with Gasteiger partial charge in [0.05, 0.1) is 14.7 Å². The molecule has 15 heavy (non-hydrogen) atoms. The molecular formula is C8H5Br2NO4. The van der Waals surface area contributed by atoms with Gasteiger partial charge >= 0.3 is 5.69 Å². The number of rotatable bonds is 3. The number of nitro groups is 1. The first-order valence-corrected chi connectivity index (χ1v) is 5.65. The van der Waals surface area contributed by atoms with Crippen molar-refractivity contribution in [2.24, 2.45) is 0 Å². The van der Waals surface area contributed by atoms with Crippen LogP contribution in [0.15, 0.2) is 16.6 Å². The Balaban J connectivity index is 3.35. The van der Waals surface area contributed by atoms with Crippen molar-refractivity contribution in [1.29, 1.82) is 0 Å². The first-order chi connectivity index (χ1) is 6.97. The molecule has 0 saturated heterocycles. The molecule has 1 N–H and O–H groups in total. The van der Waals surface area contributed by atoms with Gasteiger partial charge in [0.25, 0.3) is 0 Å². The number of ketones is 1. The van der Waals surface area contributed by atoms with Gasteiger partial charge in [-0.15, -0.1) is 0 Å². The SMILES string of the molecule is O=C(CBr)c1cc(Br)c(O)c([N+](=O)[O-])c1. The van der Waals surface area contributed by atoms with Gasteiger partial charge in [-0.2, -0.15) is 0 Å². The van der Waals surface area contributed by atoms with Gasteiger partial charge in [0.15, 0.2) is 5.78 Å². The number of phenolic OH excluding ortho intramolecular Hbond substituents is 1. The number of halogens is 2. The summed E-state index contributed by atoms with van der Waals surface area (Å²) in [5.74, 6) is -0.773. The van der Waals surface area contributed by atoms with Crippen molar-refractivity contribution in [2.45, 2.75) is 0 Å². The molecule has 0 radical (unpaired) electrons. The molecule has 1 aromatic carbocycles. The van der Waals surface area contributed by atoms with Crippen LogP contribution in [0, 0.1) is 10.1 Å². The Hall–Kier alpha value is -0.950. The average Bonchev–Trinajstić information content (AvgIpc) is 2.20. The molecule has 1 rings (SSSR count). The third-order valence-electron chi connectivity index (χ3n) is 1.68. The Kier molecular flexibility index (Phi) is 3.81. The molecule has 0 aliphatic carbocycles. The molecule has 0 aliphatic rings. The number of hydrogen-bond acceptors (Lipinski definition) is 4. The molecule has 0 fully saturated rings. The van der Waals surface area contributed by atoms with Crippen molar-refractivity contribution in [3.05, 3.63) is 32.3 Å². The van der Waals surface area contributed by atoms with Gasteiger partial charge in [-0.1, -0.05) is 15.9 Å². The molecule has 0 bridgehead atoms. The molecule has 0 aromatic heterocycles. The molecule has 5 nitrogen and oxygen atoms in total. The predicted molar refractivity (Wildman–Crippen MR) is 60.6 cm³/mol. The summed E-state index contributed by atoms with van der Waals surface area (Å²) < 4.78 is 0.126. The van der Waals surface area contributed by atoms with Crippen LogP contribution in [0.4, 0.5) is 5.69 Å². The Morgan fingerprint density at radius 2 is 2.13 bits per heavy atom. The molecule has 1 aromatic rings. The van der Waals surface area contributed by atoms with Crippen molar-refractivity contribution in [1.82, 2.24) is 0 Å². The number of carbonyl (C=O) groups is 1. The van der Waals surface area contributed by atoms with Gasteiger partial charge in [-0.3, -0.25) is 14.9 Å². The average molecular weight is 339 g/mol. The molecule has 0 atom stereocenters. The van der Waals surface area contributed by atoms with E-state index in [4.69, 9.17) is 0 Å². The van der Waals surface area contributed by atoms with Crippen LogP contribution in [-0.2, 0) is 0 Å². The van der Waals surface area contributed by atoms with Crippen molar-refractivity contribution in [2.75, 3.05) is 5.33 Å². The highest BCUT2D eigenvalue weighted by atomic mass is 79.9. The van der Waals surface area contributed by atoms with E-state index in [1.807, 2.05) is 0 Å². The van der Waals surface area contributed by atoms with Crippen molar-refractivity contribution >= 4 is 43.3 Å². The van der Waals surface area contributed by atoms with Crippen LogP contribution in [0.25, 0.3) is 0 Å². The van der Waals surface area contributed by atoms with Crippen molar-refractivity contribution < 1.29 is 14.8 Å². The van der Waals surface area contributed by atoms with Crippen LogP contribution < -0.4 is 0 Å². The van der Waals surface area contributed by atoms with Gasteiger partial charge in [-0.25, -0.2) is 0 Å². The summed E-state index contributed by atoms with van der Waals surface area (Å²) >= 11 is 5.90. The lowest BCUT2D eigenvalue weighted by Gasteiger charge is -2.02. The van der Waals surface area contributed by atoms with E-state index < -0.39 is 16.4 Å². The number of phenols is 1. The van der Waals surface area contributed by atoms with Gasteiger partial charge in [-0.05, 0) is 22.0 Å². The van der Waals surface area contributed by atoms with E-state index in [1.54, 1.807) is 0 Å². The highest BCUT2D eigenvalue weighted by Crippen LogP contribution is 2.35. The number of hydrogen-bond donors (Lipinski definition) is 1. The second-order valence-electron chi connectivity index (χ2n) is 2.64. The van der Waals surface area contributed by atoms with Crippen LogP contribution in [0.5, 0.6) is 5.75 Å². The van der Waals surface area contributed by atoms with E-state index in [-0.39, 0.29) is 21.1 Å². The van der Waals surface area contributed by atoms with Crippen LogP contribution in [0.1, 0.15) is 10.4 Å². The first kappa shape index (κ1) is 12.1. The Bertz CT molecular complexity index is 433. The molecule has 0 saturated carbocycles. The van der Waals surface area contributed by atoms with Crippen molar-refractivity contribution in [3.63, 3.8) is 0 Å². The first-order valence-electron chi connectivity index (χ1n) is 3.73. The molecule has 0 spiro atoms. The molecule has 7 heteroatoms. The summed E-state index contributed by atoms with van der Waals surface area (Å²) in [6.45, 7) is 0. The van der Waals surface area contributed by atoms with Crippen LogP contribution >= 0.6 is 31.9 Å². The minimum absolute atomic E-state index is 0.0708. The second-order valence-corrected chi connectivity index (χ2v) is 4.05. The minimum Gasteiger partial charge on any atom is -0.501 e. The summed E-state index contributed by atoms with van der Waals surface area (Å²) in [4.78, 5) is 21.1. The normalized spacial score (nSPS) is 10.0. The number of carbonyl (C=O) groups excluding carboxylic acids is 1. The summed E-state index contributed by atoms with van der Waals surface area (Å²) in [5.41, 5.74) is -0.322. The fourth-order valence-electron chi connectivity index (χ4n) is 0.962. The molecule has 0 heterocycles. The van der Waals surface area contributed by atoms with Crippen LogP contribution in [0.3, 0.4) is 0 Å². The highest BCUT2D eigenvalue weighted by molar-refractivity contribution is 9.10. The number of aromatic hydroxyl groups is 1. The maximum atomic E-state index is 11.3. The lowest BCUT2D eigenvalue weighted by atomic mass is 10.1. The fraction of sp³-hybridized carbons (Fsp3) is 0.125. The topological polar surface area (TPSA) is 80.4 Å². The summed E-state index contributed by atoms with van der Waals surface area (Å²) in [6, 6.07) is 2.38.